The fourth-order valence-corrected chi connectivity index (χ4v) is 3.07. The van der Waals surface area contributed by atoms with E-state index in [9.17, 15) is 0 Å². The van der Waals surface area contributed by atoms with Crippen molar-refractivity contribution in [3.63, 3.8) is 0 Å². The van der Waals surface area contributed by atoms with E-state index in [-0.39, 0.29) is 6.61 Å². The predicted molar refractivity (Wildman–Crippen MR) is 108 cm³/mol. The highest BCUT2D eigenvalue weighted by Crippen LogP contribution is 2.36. The maximum Gasteiger partial charge on any atom is 0.167 e. The maximum atomic E-state index is 8.78. The molecule has 2 rings (SSSR count). The van der Waals surface area contributed by atoms with Crippen molar-refractivity contribution in [2.45, 2.75) is 20.1 Å². The molecule has 0 spiro atoms. The average Bonchev–Trinajstić information content (AvgIpc) is 2.64. The van der Waals surface area contributed by atoms with Crippen molar-refractivity contribution in [2.75, 3.05) is 33.4 Å². The molecule has 0 amide bonds. The minimum absolute atomic E-state index is 0.151. The predicted octanol–water partition coefficient (Wildman–Crippen LogP) is 3.02. The van der Waals surface area contributed by atoms with E-state index in [1.165, 1.54) is 5.56 Å². The van der Waals surface area contributed by atoms with Crippen molar-refractivity contribution < 1.29 is 14.6 Å². The molecule has 6 heteroatoms. The van der Waals surface area contributed by atoms with Crippen LogP contribution in [0.2, 0.25) is 0 Å². The lowest BCUT2D eigenvalue weighted by molar-refractivity contribution is 0.280. The molecule has 0 aliphatic carbocycles. The van der Waals surface area contributed by atoms with Crippen LogP contribution < -0.4 is 20.1 Å². The Bertz CT molecular complexity index is 695. The smallest absolute Gasteiger partial charge is 0.167 e. The number of ether oxygens (including phenoxy) is 2. The largest absolute Gasteiger partial charge is 0.493 e. The van der Waals surface area contributed by atoms with Gasteiger partial charge in [0.15, 0.2) is 11.5 Å². The van der Waals surface area contributed by atoms with Crippen molar-refractivity contribution in [1.82, 2.24) is 10.6 Å². The highest BCUT2D eigenvalue weighted by molar-refractivity contribution is 9.10. The highest BCUT2D eigenvalue weighted by atomic mass is 79.9. The van der Waals surface area contributed by atoms with Crippen LogP contribution in [-0.4, -0.2) is 38.5 Å². The number of halogens is 1. The molecule has 3 N–H and O–H groups in total. The summed E-state index contributed by atoms with van der Waals surface area (Å²) >= 11 is 3.62. The van der Waals surface area contributed by atoms with Gasteiger partial charge >= 0.3 is 0 Å². The fourth-order valence-electron chi connectivity index (χ4n) is 2.62. The standard InChI is InChI=1S/C20H27BrN2O3/c1-15-4-3-5-16(12-15)14-26-20-17(13-23-9-8-22-10-11-24)18(21)6-7-19(20)25-2/h3-7,12,22-24H,8-11,13-14H2,1-2H3. The molecule has 0 heterocycles. The molecule has 0 unspecified atom stereocenters. The topological polar surface area (TPSA) is 62.8 Å². The summed E-state index contributed by atoms with van der Waals surface area (Å²) in [4.78, 5) is 0. The van der Waals surface area contributed by atoms with Gasteiger partial charge in [0.1, 0.15) is 6.61 Å². The molecule has 142 valence electrons. The van der Waals surface area contributed by atoms with E-state index >= 15 is 0 Å². The van der Waals surface area contributed by atoms with Crippen molar-refractivity contribution in [1.29, 1.82) is 0 Å². The van der Waals surface area contributed by atoms with Gasteiger partial charge in [0, 0.05) is 36.2 Å². The van der Waals surface area contributed by atoms with Crippen molar-refractivity contribution in [2.24, 2.45) is 0 Å². The minimum atomic E-state index is 0.151. The highest BCUT2D eigenvalue weighted by Gasteiger charge is 2.14. The lowest BCUT2D eigenvalue weighted by Gasteiger charge is -2.17. The Morgan fingerprint density at radius 1 is 1.08 bits per heavy atom. The van der Waals surface area contributed by atoms with E-state index in [1.54, 1.807) is 7.11 Å². The summed E-state index contributed by atoms with van der Waals surface area (Å²) in [6.07, 6.45) is 0. The summed E-state index contributed by atoms with van der Waals surface area (Å²) < 4.78 is 12.6. The zero-order chi connectivity index (χ0) is 18.8. The molecule has 0 bridgehead atoms. The number of hydrogen-bond acceptors (Lipinski definition) is 5. The third kappa shape index (κ3) is 6.29. The third-order valence-electron chi connectivity index (χ3n) is 3.92. The number of aryl methyl sites for hydroxylation is 1. The van der Waals surface area contributed by atoms with Gasteiger partial charge in [-0.15, -0.1) is 0 Å². The van der Waals surface area contributed by atoms with Crippen molar-refractivity contribution >= 4 is 15.9 Å². The molecule has 0 saturated carbocycles. The molecule has 0 aromatic heterocycles. The summed E-state index contributed by atoms with van der Waals surface area (Å²) in [7, 11) is 1.65. The number of methoxy groups -OCH3 is 1. The van der Waals surface area contributed by atoms with E-state index in [0.29, 0.717) is 19.7 Å². The van der Waals surface area contributed by atoms with Gasteiger partial charge in [-0.05, 0) is 24.6 Å². The third-order valence-corrected chi connectivity index (χ3v) is 4.66. The molecule has 0 atom stereocenters. The Morgan fingerprint density at radius 2 is 1.88 bits per heavy atom. The lowest BCUT2D eigenvalue weighted by atomic mass is 10.1. The van der Waals surface area contributed by atoms with E-state index < -0.39 is 0 Å². The van der Waals surface area contributed by atoms with Gasteiger partial charge in [0.05, 0.1) is 13.7 Å². The first-order valence-corrected chi connectivity index (χ1v) is 9.51. The zero-order valence-electron chi connectivity index (χ0n) is 15.3. The number of nitrogens with one attached hydrogen (secondary N) is 2. The Morgan fingerprint density at radius 3 is 2.62 bits per heavy atom. The van der Waals surface area contributed by atoms with Crippen LogP contribution >= 0.6 is 15.9 Å². The number of rotatable bonds is 11. The first-order chi connectivity index (χ1) is 12.7. The van der Waals surface area contributed by atoms with Crippen LogP contribution in [-0.2, 0) is 13.2 Å². The summed E-state index contributed by atoms with van der Waals surface area (Å²) in [6.45, 7) is 5.56. The minimum Gasteiger partial charge on any atom is -0.493 e. The van der Waals surface area contributed by atoms with Crippen LogP contribution in [0, 0.1) is 6.92 Å². The summed E-state index contributed by atoms with van der Waals surface area (Å²) in [6, 6.07) is 12.2. The molecule has 5 nitrogen and oxygen atoms in total. The van der Waals surface area contributed by atoms with E-state index in [1.807, 2.05) is 18.2 Å². The molecule has 2 aromatic carbocycles. The monoisotopic (exact) mass is 422 g/mol. The van der Waals surface area contributed by atoms with Gasteiger partial charge in [0.25, 0.3) is 0 Å². The molecule has 0 saturated heterocycles. The molecule has 0 fully saturated rings. The van der Waals surface area contributed by atoms with Crippen LogP contribution in [0.25, 0.3) is 0 Å². The van der Waals surface area contributed by atoms with Crippen molar-refractivity contribution in [3.05, 3.63) is 57.6 Å². The van der Waals surface area contributed by atoms with Crippen molar-refractivity contribution in [3.8, 4) is 11.5 Å². The molecule has 26 heavy (non-hydrogen) atoms. The van der Waals surface area contributed by atoms with E-state index in [4.69, 9.17) is 14.6 Å². The fraction of sp³-hybridized carbons (Fsp3) is 0.400. The molecular formula is C20H27BrN2O3. The number of aliphatic hydroxyl groups excluding tert-OH is 1. The van der Waals surface area contributed by atoms with Crippen LogP contribution in [0.4, 0.5) is 0 Å². The molecular weight excluding hydrogens is 396 g/mol. The van der Waals surface area contributed by atoms with Gasteiger partial charge in [-0.3, -0.25) is 0 Å². The number of hydrogen-bond donors (Lipinski definition) is 3. The molecule has 2 aromatic rings. The summed E-state index contributed by atoms with van der Waals surface area (Å²) in [5.41, 5.74) is 3.36. The van der Waals surface area contributed by atoms with Gasteiger partial charge in [-0.2, -0.15) is 0 Å². The second kappa shape index (κ2) is 11.2. The summed E-state index contributed by atoms with van der Waals surface area (Å²) in [5, 5.41) is 15.3. The van der Waals surface area contributed by atoms with Gasteiger partial charge in [-0.1, -0.05) is 45.8 Å². The maximum absolute atomic E-state index is 8.78. The van der Waals surface area contributed by atoms with Gasteiger partial charge < -0.3 is 25.2 Å². The Hall–Kier alpha value is -1.60. The Kier molecular flexibility index (Phi) is 8.91. The van der Waals surface area contributed by atoms with Crippen LogP contribution in [0.3, 0.4) is 0 Å². The van der Waals surface area contributed by atoms with Gasteiger partial charge in [-0.25, -0.2) is 0 Å². The van der Waals surface area contributed by atoms with Gasteiger partial charge in [0.2, 0.25) is 0 Å². The first-order valence-electron chi connectivity index (χ1n) is 8.71. The Balaban J connectivity index is 2.06. The first kappa shape index (κ1) is 20.7. The average molecular weight is 423 g/mol. The second-order valence-corrected chi connectivity index (χ2v) is 6.84. The normalized spacial score (nSPS) is 10.8. The van der Waals surface area contributed by atoms with Crippen LogP contribution in [0.1, 0.15) is 16.7 Å². The number of benzene rings is 2. The lowest BCUT2D eigenvalue weighted by Crippen LogP contribution is -2.29. The second-order valence-electron chi connectivity index (χ2n) is 5.99. The van der Waals surface area contributed by atoms with E-state index in [0.717, 1.165) is 40.2 Å². The summed E-state index contributed by atoms with van der Waals surface area (Å²) in [5.74, 6) is 1.47. The molecule has 0 aliphatic heterocycles. The Labute approximate surface area is 163 Å². The SMILES string of the molecule is COc1ccc(Br)c(CNCCNCCO)c1OCc1cccc(C)c1. The van der Waals surface area contributed by atoms with E-state index in [2.05, 4.69) is 51.7 Å². The van der Waals surface area contributed by atoms with Crippen LogP contribution in [0.15, 0.2) is 40.9 Å². The molecule has 0 aliphatic rings. The zero-order valence-corrected chi connectivity index (χ0v) is 16.9. The number of aliphatic hydroxyl groups is 1. The molecule has 0 radical (unpaired) electrons. The quantitative estimate of drug-likeness (QED) is 0.485. The van der Waals surface area contributed by atoms with Crippen LogP contribution in [0.5, 0.6) is 11.5 Å².